The average molecular weight is 567 g/mol. The summed E-state index contributed by atoms with van der Waals surface area (Å²) in [5.41, 5.74) is 1.59. The Morgan fingerprint density at radius 3 is 2.72 bits per heavy atom. The average Bonchev–Trinajstić information content (AvgIpc) is 3.48. The number of rotatable bonds is 10. The fourth-order valence-electron chi connectivity index (χ4n) is 3.12. The first-order valence-electron chi connectivity index (χ1n) is 10.6. The van der Waals surface area contributed by atoms with Crippen molar-refractivity contribution < 1.29 is 9.21 Å². The zero-order valence-corrected chi connectivity index (χ0v) is 21.6. The number of benzene rings is 1. The van der Waals surface area contributed by atoms with Crippen LogP contribution < -0.4 is 16.0 Å². The molecule has 0 fully saturated rings. The monoisotopic (exact) mass is 566 g/mol. The van der Waals surface area contributed by atoms with Gasteiger partial charge in [-0.05, 0) is 60.5 Å². The molecule has 0 spiro atoms. The second kappa shape index (κ2) is 13.9. The highest BCUT2D eigenvalue weighted by Gasteiger charge is 2.08. The van der Waals surface area contributed by atoms with Gasteiger partial charge in [-0.15, -0.1) is 35.3 Å². The van der Waals surface area contributed by atoms with Crippen molar-refractivity contribution in [1.29, 1.82) is 0 Å². The molecule has 3 N–H and O–H groups in total. The number of nitrogens with one attached hydrogen (secondary N) is 3. The number of guanidine groups is 1. The second-order valence-electron chi connectivity index (χ2n) is 7.43. The number of aliphatic imine (C=N–C) groups is 1. The lowest BCUT2D eigenvalue weighted by atomic mass is 10.1. The molecule has 0 bridgehead atoms. The predicted octanol–water partition coefficient (Wildman–Crippen LogP) is 4.82. The Labute approximate surface area is 210 Å². The molecule has 1 aromatic carbocycles. The highest BCUT2D eigenvalue weighted by Crippen LogP contribution is 2.14. The fourth-order valence-corrected chi connectivity index (χ4v) is 3.99. The van der Waals surface area contributed by atoms with Crippen molar-refractivity contribution in [3.8, 4) is 0 Å². The van der Waals surface area contributed by atoms with Crippen LogP contribution in [0.2, 0.25) is 0 Å². The third-order valence-corrected chi connectivity index (χ3v) is 5.60. The maximum absolute atomic E-state index is 12.4. The van der Waals surface area contributed by atoms with Crippen molar-refractivity contribution in [1.82, 2.24) is 16.0 Å². The molecule has 0 saturated heterocycles. The molecule has 0 radical (unpaired) electrons. The van der Waals surface area contributed by atoms with E-state index in [0.717, 1.165) is 36.8 Å². The third-order valence-electron chi connectivity index (χ3n) is 4.70. The van der Waals surface area contributed by atoms with Crippen LogP contribution >= 0.6 is 35.3 Å². The van der Waals surface area contributed by atoms with E-state index in [1.54, 1.807) is 29.7 Å². The minimum absolute atomic E-state index is 0. The van der Waals surface area contributed by atoms with Gasteiger partial charge in [-0.25, -0.2) is 4.99 Å². The number of carbonyl (C=O) groups is 1. The van der Waals surface area contributed by atoms with Crippen molar-refractivity contribution in [2.75, 3.05) is 13.1 Å². The van der Waals surface area contributed by atoms with E-state index >= 15 is 0 Å². The molecule has 8 heteroatoms. The highest BCUT2D eigenvalue weighted by molar-refractivity contribution is 14.0. The first-order valence-corrected chi connectivity index (χ1v) is 11.5. The molecule has 1 unspecified atom stereocenters. The Kier molecular flexibility index (Phi) is 11.3. The van der Waals surface area contributed by atoms with Crippen molar-refractivity contribution in [3.05, 3.63) is 81.9 Å². The molecule has 0 aliphatic heterocycles. The number of hydrogen-bond acceptors (Lipinski definition) is 4. The molecule has 1 amide bonds. The Morgan fingerprint density at radius 1 is 1.12 bits per heavy atom. The standard InChI is InChI=1S/C24H30N4O2S.HI/c1-3-25-24(27-15-18(2)13-22-10-6-12-31-22)28-16-19-7-4-8-20(14-19)23(29)26-17-21-9-5-11-30-21;/h4-12,14,18H,3,13,15-17H2,1-2H3,(H,26,29)(H2,25,27,28);1H. The van der Waals surface area contributed by atoms with Gasteiger partial charge in [0.25, 0.3) is 5.91 Å². The van der Waals surface area contributed by atoms with Crippen LogP contribution in [0.25, 0.3) is 0 Å². The quantitative estimate of drug-likeness (QED) is 0.187. The molecule has 0 aliphatic carbocycles. The fraction of sp³-hybridized carbons (Fsp3) is 0.333. The minimum atomic E-state index is -0.130. The van der Waals surface area contributed by atoms with Gasteiger partial charge in [-0.2, -0.15) is 0 Å². The van der Waals surface area contributed by atoms with Crippen LogP contribution in [0.3, 0.4) is 0 Å². The summed E-state index contributed by atoms with van der Waals surface area (Å²) < 4.78 is 5.25. The summed E-state index contributed by atoms with van der Waals surface area (Å²) in [7, 11) is 0. The topological polar surface area (TPSA) is 78.7 Å². The summed E-state index contributed by atoms with van der Waals surface area (Å²) in [4.78, 5) is 18.5. The highest BCUT2D eigenvalue weighted by atomic mass is 127. The number of furan rings is 1. The summed E-state index contributed by atoms with van der Waals surface area (Å²) in [6.07, 6.45) is 2.65. The van der Waals surface area contributed by atoms with Crippen molar-refractivity contribution in [2.45, 2.75) is 33.4 Å². The molecule has 0 saturated carbocycles. The maximum Gasteiger partial charge on any atom is 0.251 e. The van der Waals surface area contributed by atoms with Crippen LogP contribution in [0.5, 0.6) is 0 Å². The first-order chi connectivity index (χ1) is 15.1. The Bertz CT molecular complexity index is 958. The van der Waals surface area contributed by atoms with E-state index in [0.29, 0.717) is 24.6 Å². The molecule has 3 rings (SSSR count). The van der Waals surface area contributed by atoms with Gasteiger partial charge in [0.15, 0.2) is 5.96 Å². The van der Waals surface area contributed by atoms with Gasteiger partial charge in [0.1, 0.15) is 5.76 Å². The van der Waals surface area contributed by atoms with Crippen LogP contribution in [-0.4, -0.2) is 25.0 Å². The smallest absolute Gasteiger partial charge is 0.251 e. The maximum atomic E-state index is 12.4. The molecule has 3 aromatic rings. The number of carbonyl (C=O) groups excluding carboxylic acids is 1. The van der Waals surface area contributed by atoms with E-state index in [1.807, 2.05) is 24.3 Å². The van der Waals surface area contributed by atoms with Crippen LogP contribution in [0.15, 0.2) is 69.6 Å². The molecule has 2 aromatic heterocycles. The van der Waals surface area contributed by atoms with Crippen molar-refractivity contribution in [3.63, 3.8) is 0 Å². The Balaban J connectivity index is 0.00000363. The van der Waals surface area contributed by atoms with Crippen molar-refractivity contribution in [2.24, 2.45) is 10.9 Å². The van der Waals surface area contributed by atoms with E-state index in [-0.39, 0.29) is 29.9 Å². The molecular formula is C24H31IN4O2S. The SMILES string of the molecule is CCNC(=NCc1cccc(C(=O)NCc2ccco2)c1)NCC(C)Cc1cccs1.I. The van der Waals surface area contributed by atoms with Gasteiger partial charge in [0.05, 0.1) is 19.4 Å². The summed E-state index contributed by atoms with van der Waals surface area (Å²) in [6, 6.07) is 15.5. The summed E-state index contributed by atoms with van der Waals surface area (Å²) >= 11 is 1.80. The van der Waals surface area contributed by atoms with Gasteiger partial charge in [0, 0.05) is 23.5 Å². The van der Waals surface area contributed by atoms with Gasteiger partial charge >= 0.3 is 0 Å². The van der Waals surface area contributed by atoms with E-state index in [4.69, 9.17) is 9.41 Å². The van der Waals surface area contributed by atoms with E-state index in [9.17, 15) is 4.79 Å². The molecule has 172 valence electrons. The normalized spacial score (nSPS) is 12.0. The Hall–Kier alpha value is -2.33. The number of hydrogen-bond donors (Lipinski definition) is 3. The predicted molar refractivity (Wildman–Crippen MR) is 142 cm³/mol. The van der Waals surface area contributed by atoms with E-state index in [2.05, 4.69) is 47.3 Å². The van der Waals surface area contributed by atoms with Crippen LogP contribution in [0.4, 0.5) is 0 Å². The zero-order valence-electron chi connectivity index (χ0n) is 18.5. The summed E-state index contributed by atoms with van der Waals surface area (Å²) in [5, 5.41) is 11.7. The number of halogens is 1. The number of thiophene rings is 1. The molecule has 32 heavy (non-hydrogen) atoms. The van der Waals surface area contributed by atoms with Crippen LogP contribution in [0, 0.1) is 5.92 Å². The molecular weight excluding hydrogens is 535 g/mol. The van der Waals surface area contributed by atoms with Crippen molar-refractivity contribution >= 4 is 47.2 Å². The molecule has 2 heterocycles. The van der Waals surface area contributed by atoms with Gasteiger partial charge < -0.3 is 20.4 Å². The van der Waals surface area contributed by atoms with Gasteiger partial charge in [0.2, 0.25) is 0 Å². The summed E-state index contributed by atoms with van der Waals surface area (Å²) in [5.74, 6) is 1.88. The van der Waals surface area contributed by atoms with Gasteiger partial charge in [-0.1, -0.05) is 25.1 Å². The largest absolute Gasteiger partial charge is 0.467 e. The Morgan fingerprint density at radius 2 is 2.00 bits per heavy atom. The van der Waals surface area contributed by atoms with Gasteiger partial charge in [-0.3, -0.25) is 4.79 Å². The molecule has 1 atom stereocenters. The third kappa shape index (κ3) is 8.66. The van der Waals surface area contributed by atoms with Crippen LogP contribution in [-0.2, 0) is 19.5 Å². The molecule has 0 aliphatic rings. The molecule has 6 nitrogen and oxygen atoms in total. The lowest BCUT2D eigenvalue weighted by Gasteiger charge is -2.15. The lowest BCUT2D eigenvalue weighted by molar-refractivity contribution is 0.0948. The zero-order chi connectivity index (χ0) is 21.9. The van der Waals surface area contributed by atoms with E-state index in [1.165, 1.54) is 4.88 Å². The first kappa shape index (κ1) is 25.9. The lowest BCUT2D eigenvalue weighted by Crippen LogP contribution is -2.39. The minimum Gasteiger partial charge on any atom is -0.467 e. The van der Waals surface area contributed by atoms with Crippen LogP contribution in [0.1, 0.15) is 40.4 Å². The number of amides is 1. The second-order valence-corrected chi connectivity index (χ2v) is 8.46. The summed E-state index contributed by atoms with van der Waals surface area (Å²) in [6.45, 7) is 6.79. The number of nitrogens with zero attached hydrogens (tertiary/aromatic N) is 1. The van der Waals surface area contributed by atoms with E-state index < -0.39 is 0 Å².